The van der Waals surface area contributed by atoms with E-state index in [0.29, 0.717) is 25.3 Å². The zero-order chi connectivity index (χ0) is 21.8. The van der Waals surface area contributed by atoms with Crippen LogP contribution in [0.3, 0.4) is 0 Å². The van der Waals surface area contributed by atoms with Crippen LogP contribution in [0.1, 0.15) is 75.1 Å². The van der Waals surface area contributed by atoms with Crippen LogP contribution < -0.4 is 21.5 Å². The predicted octanol–water partition coefficient (Wildman–Crippen LogP) is 2.29. The second-order valence-electron chi connectivity index (χ2n) is 7.57. The Balaban J connectivity index is 1.58. The van der Waals surface area contributed by atoms with Crippen LogP contribution in [0, 0.1) is 0 Å². The molecule has 0 radical (unpaired) electrons. The van der Waals surface area contributed by atoms with E-state index in [1.165, 1.54) is 6.42 Å². The molecule has 1 heterocycles. The minimum absolute atomic E-state index is 0.151. The highest BCUT2D eigenvalue weighted by Crippen LogP contribution is 2.17. The highest BCUT2D eigenvalue weighted by molar-refractivity contribution is 5.92. The number of rotatable bonds is 10. The van der Waals surface area contributed by atoms with E-state index in [9.17, 15) is 14.4 Å². The Hall–Kier alpha value is -2.55. The van der Waals surface area contributed by atoms with Gasteiger partial charge < -0.3 is 15.1 Å². The lowest BCUT2D eigenvalue weighted by atomic mass is 9.96. The number of hydrazine groups is 1. The number of nitrogens with zero attached hydrogens (tertiary/aromatic N) is 1. The highest BCUT2D eigenvalue weighted by Gasteiger charge is 2.16. The maximum Gasteiger partial charge on any atom is 0.315 e. The van der Waals surface area contributed by atoms with Gasteiger partial charge in [-0.3, -0.25) is 25.3 Å². The summed E-state index contributed by atoms with van der Waals surface area (Å²) in [4.78, 5) is 38.0. The molecule has 0 atom stereocenters. The average molecular weight is 422 g/mol. The summed E-state index contributed by atoms with van der Waals surface area (Å²) in [6.45, 7) is 6.95. The molecule has 0 aliphatic heterocycles. The minimum atomic E-state index is -0.501. The maximum atomic E-state index is 12.1. The van der Waals surface area contributed by atoms with Crippen molar-refractivity contribution < 1.29 is 18.8 Å². The Labute approximate surface area is 178 Å². The molecule has 1 aliphatic rings. The SMILES string of the molecule is CCN(CC)Cc1ccc(C(=O)NNC(=O)CCCNC(=O)NC2CCCCC2)o1. The van der Waals surface area contributed by atoms with E-state index in [-0.39, 0.29) is 30.2 Å². The predicted molar refractivity (Wildman–Crippen MR) is 114 cm³/mol. The number of carbonyl (C=O) groups excluding carboxylic acids is 3. The van der Waals surface area contributed by atoms with Crippen molar-refractivity contribution in [1.29, 1.82) is 0 Å². The van der Waals surface area contributed by atoms with E-state index in [1.807, 2.05) is 0 Å². The van der Waals surface area contributed by atoms with E-state index in [4.69, 9.17) is 4.42 Å². The second-order valence-corrected chi connectivity index (χ2v) is 7.57. The summed E-state index contributed by atoms with van der Waals surface area (Å²) in [5.41, 5.74) is 4.72. The van der Waals surface area contributed by atoms with Crippen LogP contribution in [0.15, 0.2) is 16.5 Å². The molecule has 4 amide bonds. The van der Waals surface area contributed by atoms with Crippen molar-refractivity contribution in [2.45, 2.75) is 71.4 Å². The van der Waals surface area contributed by atoms with E-state index < -0.39 is 5.91 Å². The van der Waals surface area contributed by atoms with Gasteiger partial charge in [0.05, 0.1) is 6.54 Å². The normalized spacial score (nSPS) is 14.4. The first-order valence-corrected chi connectivity index (χ1v) is 11.0. The smallest absolute Gasteiger partial charge is 0.315 e. The van der Waals surface area contributed by atoms with Crippen LogP contribution in [0.25, 0.3) is 0 Å². The molecule has 168 valence electrons. The molecule has 0 saturated heterocycles. The summed E-state index contributed by atoms with van der Waals surface area (Å²) in [5, 5.41) is 5.73. The largest absolute Gasteiger partial charge is 0.454 e. The Bertz CT molecular complexity index is 681. The minimum Gasteiger partial charge on any atom is -0.454 e. The lowest BCUT2D eigenvalue weighted by molar-refractivity contribution is -0.121. The van der Waals surface area contributed by atoms with Crippen molar-refractivity contribution in [2.75, 3.05) is 19.6 Å². The molecule has 0 unspecified atom stereocenters. The van der Waals surface area contributed by atoms with Gasteiger partial charge in [0.1, 0.15) is 5.76 Å². The van der Waals surface area contributed by atoms with Crippen LogP contribution >= 0.6 is 0 Å². The third kappa shape index (κ3) is 8.44. The molecule has 2 rings (SSSR count). The zero-order valence-corrected chi connectivity index (χ0v) is 18.1. The van der Waals surface area contributed by atoms with Crippen LogP contribution in [-0.4, -0.2) is 48.4 Å². The van der Waals surface area contributed by atoms with Crippen molar-refractivity contribution in [1.82, 2.24) is 26.4 Å². The van der Waals surface area contributed by atoms with Crippen LogP contribution in [0.4, 0.5) is 4.79 Å². The second kappa shape index (κ2) is 12.9. The summed E-state index contributed by atoms with van der Waals surface area (Å²) in [6, 6.07) is 3.43. The van der Waals surface area contributed by atoms with E-state index in [1.54, 1.807) is 12.1 Å². The fourth-order valence-electron chi connectivity index (χ4n) is 3.44. The third-order valence-electron chi connectivity index (χ3n) is 5.28. The Morgan fingerprint density at radius 2 is 1.80 bits per heavy atom. The summed E-state index contributed by atoms with van der Waals surface area (Å²) in [5.74, 6) is 0.0261. The van der Waals surface area contributed by atoms with Gasteiger partial charge in [-0.05, 0) is 44.5 Å². The summed E-state index contributed by atoms with van der Waals surface area (Å²) >= 11 is 0. The first-order valence-electron chi connectivity index (χ1n) is 11.0. The standard InChI is InChI=1S/C21H35N5O4/c1-3-26(4-2)15-17-12-13-18(30-17)20(28)25-24-19(27)11-8-14-22-21(29)23-16-9-6-5-7-10-16/h12-13,16H,3-11,14-15H2,1-2H3,(H,24,27)(H,25,28)(H2,22,23,29). The quantitative estimate of drug-likeness (QED) is 0.342. The maximum absolute atomic E-state index is 12.1. The molecule has 1 fully saturated rings. The summed E-state index contributed by atoms with van der Waals surface area (Å²) in [6.07, 6.45) is 6.29. The summed E-state index contributed by atoms with van der Waals surface area (Å²) < 4.78 is 5.54. The molecule has 0 spiro atoms. The first-order chi connectivity index (χ1) is 14.5. The number of hydrogen-bond donors (Lipinski definition) is 4. The molecule has 30 heavy (non-hydrogen) atoms. The molecule has 4 N–H and O–H groups in total. The van der Waals surface area contributed by atoms with Gasteiger partial charge in [-0.1, -0.05) is 33.1 Å². The fraction of sp³-hybridized carbons (Fsp3) is 0.667. The van der Waals surface area contributed by atoms with Crippen molar-refractivity contribution in [2.24, 2.45) is 0 Å². The number of nitrogens with one attached hydrogen (secondary N) is 4. The molecule has 0 aromatic carbocycles. The van der Waals surface area contributed by atoms with E-state index in [0.717, 1.165) is 38.8 Å². The van der Waals surface area contributed by atoms with Crippen molar-refractivity contribution in [3.63, 3.8) is 0 Å². The third-order valence-corrected chi connectivity index (χ3v) is 5.28. The number of hydrogen-bond acceptors (Lipinski definition) is 5. The molecule has 1 aromatic rings. The molecule has 9 nitrogen and oxygen atoms in total. The lowest BCUT2D eigenvalue weighted by Crippen LogP contribution is -2.44. The van der Waals surface area contributed by atoms with Crippen molar-refractivity contribution >= 4 is 17.8 Å². The zero-order valence-electron chi connectivity index (χ0n) is 18.1. The van der Waals surface area contributed by atoms with Gasteiger partial charge >= 0.3 is 11.9 Å². The average Bonchev–Trinajstić information content (AvgIpc) is 3.22. The van der Waals surface area contributed by atoms with Gasteiger partial charge in [0, 0.05) is 19.0 Å². The molecule has 1 aliphatic carbocycles. The van der Waals surface area contributed by atoms with Gasteiger partial charge in [-0.25, -0.2) is 4.79 Å². The number of amides is 4. The molecule has 1 aromatic heterocycles. The van der Waals surface area contributed by atoms with Crippen LogP contribution in [0.5, 0.6) is 0 Å². The van der Waals surface area contributed by atoms with E-state index >= 15 is 0 Å². The Morgan fingerprint density at radius 3 is 2.50 bits per heavy atom. The number of urea groups is 1. The number of furan rings is 1. The Kier molecular flexibility index (Phi) is 10.2. The first kappa shape index (κ1) is 23.7. The van der Waals surface area contributed by atoms with E-state index in [2.05, 4.69) is 40.2 Å². The number of carbonyl (C=O) groups is 3. The van der Waals surface area contributed by atoms with Crippen molar-refractivity contribution in [3.8, 4) is 0 Å². The van der Waals surface area contributed by atoms with Crippen molar-refractivity contribution in [3.05, 3.63) is 23.7 Å². The van der Waals surface area contributed by atoms with Crippen LogP contribution in [-0.2, 0) is 11.3 Å². The molecule has 1 saturated carbocycles. The van der Waals surface area contributed by atoms with Gasteiger partial charge in [0.25, 0.3) is 0 Å². The Morgan fingerprint density at radius 1 is 1.07 bits per heavy atom. The fourth-order valence-corrected chi connectivity index (χ4v) is 3.44. The molecular formula is C21H35N5O4. The van der Waals surface area contributed by atoms with Gasteiger partial charge in [-0.2, -0.15) is 0 Å². The lowest BCUT2D eigenvalue weighted by Gasteiger charge is -2.22. The van der Waals surface area contributed by atoms with Crippen LogP contribution in [0.2, 0.25) is 0 Å². The van der Waals surface area contributed by atoms with Gasteiger partial charge in [0.2, 0.25) is 5.91 Å². The van der Waals surface area contributed by atoms with Gasteiger partial charge in [-0.15, -0.1) is 0 Å². The molecule has 9 heteroatoms. The summed E-state index contributed by atoms with van der Waals surface area (Å²) in [7, 11) is 0. The topological polar surface area (TPSA) is 116 Å². The molecule has 0 bridgehead atoms. The molecular weight excluding hydrogens is 386 g/mol. The highest BCUT2D eigenvalue weighted by atomic mass is 16.4. The van der Waals surface area contributed by atoms with Gasteiger partial charge in [0.15, 0.2) is 5.76 Å². The monoisotopic (exact) mass is 421 g/mol.